The molecule has 24 heavy (non-hydrogen) atoms. The third-order valence-electron chi connectivity index (χ3n) is 4.14. The Hall–Kier alpha value is -2.24. The number of aromatic nitrogens is 2. The van der Waals surface area contributed by atoms with Gasteiger partial charge in [-0.05, 0) is 60.0 Å². The molecule has 1 aliphatic rings. The Morgan fingerprint density at radius 1 is 1.12 bits per heavy atom. The van der Waals surface area contributed by atoms with Crippen LogP contribution in [0, 0.1) is 6.92 Å². The summed E-state index contributed by atoms with van der Waals surface area (Å²) >= 11 is 1.57. The molecule has 2 heterocycles. The van der Waals surface area contributed by atoms with Gasteiger partial charge in [-0.15, -0.1) is 10.2 Å². The molecule has 4 rings (SSSR count). The number of fused-ring (bicyclic) bond motifs is 1. The molecule has 5 heteroatoms. The van der Waals surface area contributed by atoms with Crippen molar-refractivity contribution in [3.63, 3.8) is 0 Å². The fraction of sp³-hybridized carbons (Fsp3) is 0.263. The van der Waals surface area contributed by atoms with Crippen molar-refractivity contribution in [2.45, 2.75) is 20.0 Å². The van der Waals surface area contributed by atoms with Crippen LogP contribution < -0.4 is 10.1 Å². The maximum absolute atomic E-state index is 5.88. The Morgan fingerprint density at radius 2 is 2.04 bits per heavy atom. The highest BCUT2D eigenvalue weighted by atomic mass is 32.1. The van der Waals surface area contributed by atoms with Gasteiger partial charge in [-0.1, -0.05) is 35.6 Å². The smallest absolute Gasteiger partial charge is 0.155 e. The van der Waals surface area contributed by atoms with Crippen molar-refractivity contribution in [2.75, 3.05) is 13.1 Å². The number of aryl methyl sites for hydroxylation is 1. The first-order valence-corrected chi connectivity index (χ1v) is 8.95. The van der Waals surface area contributed by atoms with Crippen LogP contribution >= 0.6 is 11.3 Å². The van der Waals surface area contributed by atoms with Crippen LogP contribution in [0.4, 0.5) is 0 Å². The Morgan fingerprint density at radius 3 is 2.83 bits per heavy atom. The summed E-state index contributed by atoms with van der Waals surface area (Å²) < 4.78 is 5.88. The average Bonchev–Trinajstić information content (AvgIpc) is 3.05. The minimum absolute atomic E-state index is 0.464. The summed E-state index contributed by atoms with van der Waals surface area (Å²) in [6, 6.07) is 12.8. The van der Waals surface area contributed by atoms with Gasteiger partial charge in [0.25, 0.3) is 0 Å². The first kappa shape index (κ1) is 15.3. The van der Waals surface area contributed by atoms with E-state index in [1.54, 1.807) is 11.3 Å². The van der Waals surface area contributed by atoms with Crippen molar-refractivity contribution in [1.82, 2.24) is 15.5 Å². The second-order valence-corrected chi connectivity index (χ2v) is 7.19. The minimum Gasteiger partial charge on any atom is -0.486 e. The van der Waals surface area contributed by atoms with E-state index in [-0.39, 0.29) is 0 Å². The highest BCUT2D eigenvalue weighted by Gasteiger charge is 2.07. The van der Waals surface area contributed by atoms with Gasteiger partial charge in [0.05, 0.1) is 0 Å². The number of hydrogen-bond donors (Lipinski definition) is 1. The minimum atomic E-state index is 0.464. The topological polar surface area (TPSA) is 47.0 Å². The molecular formula is C19H19N3OS. The highest BCUT2D eigenvalue weighted by Crippen LogP contribution is 2.26. The molecule has 2 aromatic carbocycles. The van der Waals surface area contributed by atoms with Crippen molar-refractivity contribution in [3.8, 4) is 5.75 Å². The summed E-state index contributed by atoms with van der Waals surface area (Å²) in [4.78, 5) is 0. The molecule has 1 aromatic heterocycles. The fourth-order valence-electron chi connectivity index (χ4n) is 2.92. The first-order valence-electron chi connectivity index (χ1n) is 8.14. The predicted octanol–water partition coefficient (Wildman–Crippen LogP) is 3.96. The normalized spacial score (nSPS) is 14.6. The SMILES string of the molecule is Cc1nnc(COc2ccc3ccc(C4=CCCNC4)cc3c2)s1. The zero-order valence-corrected chi connectivity index (χ0v) is 14.4. The lowest BCUT2D eigenvalue weighted by molar-refractivity contribution is 0.305. The fourth-order valence-corrected chi connectivity index (χ4v) is 3.54. The second kappa shape index (κ2) is 6.71. The van der Waals surface area contributed by atoms with Crippen molar-refractivity contribution in [2.24, 2.45) is 0 Å². The Balaban J connectivity index is 1.57. The standard InChI is InChI=1S/C19H19N3OS/c1-13-21-22-19(24-13)12-23-18-7-6-14-4-5-15(9-17(14)10-18)16-3-2-8-20-11-16/h3-7,9-10,20H,2,8,11-12H2,1H3. The number of rotatable bonds is 4. The van der Waals surface area contributed by atoms with Crippen LogP contribution in [-0.2, 0) is 6.61 Å². The molecule has 0 radical (unpaired) electrons. The Labute approximate surface area is 145 Å². The van der Waals surface area contributed by atoms with E-state index in [0.717, 1.165) is 35.3 Å². The zero-order valence-electron chi connectivity index (χ0n) is 13.6. The Bertz CT molecular complexity index is 901. The van der Waals surface area contributed by atoms with E-state index < -0.39 is 0 Å². The van der Waals surface area contributed by atoms with Crippen LogP contribution in [0.25, 0.3) is 16.3 Å². The molecular weight excluding hydrogens is 318 g/mol. The highest BCUT2D eigenvalue weighted by molar-refractivity contribution is 7.11. The van der Waals surface area contributed by atoms with E-state index in [4.69, 9.17) is 4.74 Å². The summed E-state index contributed by atoms with van der Waals surface area (Å²) in [6.45, 7) is 4.43. The van der Waals surface area contributed by atoms with Crippen LogP contribution in [0.15, 0.2) is 42.5 Å². The van der Waals surface area contributed by atoms with Gasteiger partial charge in [0.2, 0.25) is 0 Å². The molecule has 0 saturated carbocycles. The van der Waals surface area contributed by atoms with Crippen LogP contribution in [0.1, 0.15) is 22.0 Å². The van der Waals surface area contributed by atoms with E-state index in [1.807, 2.05) is 13.0 Å². The molecule has 0 saturated heterocycles. The number of hydrogen-bond acceptors (Lipinski definition) is 5. The van der Waals surface area contributed by atoms with Crippen LogP contribution in [-0.4, -0.2) is 23.3 Å². The van der Waals surface area contributed by atoms with Gasteiger partial charge >= 0.3 is 0 Å². The predicted molar refractivity (Wildman–Crippen MR) is 98.4 cm³/mol. The summed E-state index contributed by atoms with van der Waals surface area (Å²) in [5.41, 5.74) is 2.66. The number of nitrogens with one attached hydrogen (secondary N) is 1. The summed E-state index contributed by atoms with van der Waals surface area (Å²) in [7, 11) is 0. The number of nitrogens with zero attached hydrogens (tertiary/aromatic N) is 2. The largest absolute Gasteiger partial charge is 0.486 e. The zero-order chi connectivity index (χ0) is 16.4. The molecule has 4 nitrogen and oxygen atoms in total. The van der Waals surface area contributed by atoms with Crippen LogP contribution in [0.3, 0.4) is 0 Å². The molecule has 1 N–H and O–H groups in total. The lowest BCUT2D eigenvalue weighted by atomic mass is 9.99. The molecule has 0 atom stereocenters. The molecule has 3 aromatic rings. The average molecular weight is 337 g/mol. The maximum atomic E-state index is 5.88. The van der Waals surface area contributed by atoms with Gasteiger partial charge < -0.3 is 10.1 Å². The van der Waals surface area contributed by atoms with Gasteiger partial charge in [-0.25, -0.2) is 0 Å². The monoisotopic (exact) mass is 337 g/mol. The molecule has 0 unspecified atom stereocenters. The molecule has 122 valence electrons. The Kier molecular flexibility index (Phi) is 4.28. The van der Waals surface area contributed by atoms with Crippen LogP contribution in [0.5, 0.6) is 5.75 Å². The maximum Gasteiger partial charge on any atom is 0.155 e. The molecule has 0 amide bonds. The van der Waals surface area contributed by atoms with Gasteiger partial charge in [0.1, 0.15) is 17.4 Å². The number of benzene rings is 2. The van der Waals surface area contributed by atoms with Crippen molar-refractivity contribution >= 4 is 27.7 Å². The van der Waals surface area contributed by atoms with Crippen molar-refractivity contribution in [1.29, 1.82) is 0 Å². The summed E-state index contributed by atoms with van der Waals surface area (Å²) in [5.74, 6) is 0.864. The van der Waals surface area contributed by atoms with Crippen LogP contribution in [0.2, 0.25) is 0 Å². The van der Waals surface area contributed by atoms with E-state index >= 15 is 0 Å². The molecule has 0 spiro atoms. The van der Waals surface area contributed by atoms with Gasteiger partial charge in [-0.3, -0.25) is 0 Å². The van der Waals surface area contributed by atoms with Gasteiger partial charge in [0.15, 0.2) is 5.01 Å². The quantitative estimate of drug-likeness (QED) is 0.783. The van der Waals surface area contributed by atoms with Crippen molar-refractivity contribution in [3.05, 3.63) is 58.1 Å². The second-order valence-electron chi connectivity index (χ2n) is 5.92. The van der Waals surface area contributed by atoms with E-state index in [0.29, 0.717) is 6.61 Å². The van der Waals surface area contributed by atoms with E-state index in [9.17, 15) is 0 Å². The van der Waals surface area contributed by atoms with E-state index in [2.05, 4.69) is 51.9 Å². The third-order valence-corrected chi connectivity index (χ3v) is 4.95. The lowest BCUT2D eigenvalue weighted by Crippen LogP contribution is -2.21. The molecule has 1 aliphatic heterocycles. The summed E-state index contributed by atoms with van der Waals surface area (Å²) in [6.07, 6.45) is 3.42. The summed E-state index contributed by atoms with van der Waals surface area (Å²) in [5, 5.41) is 15.8. The molecule has 0 aliphatic carbocycles. The lowest BCUT2D eigenvalue weighted by Gasteiger charge is -2.15. The van der Waals surface area contributed by atoms with Crippen molar-refractivity contribution < 1.29 is 4.74 Å². The van der Waals surface area contributed by atoms with E-state index in [1.165, 1.54) is 21.9 Å². The van der Waals surface area contributed by atoms with Gasteiger partial charge in [-0.2, -0.15) is 0 Å². The number of ether oxygens (including phenoxy) is 1. The third kappa shape index (κ3) is 3.32. The van der Waals surface area contributed by atoms with Gasteiger partial charge in [0, 0.05) is 6.54 Å². The first-order chi connectivity index (χ1) is 11.8. The molecule has 0 bridgehead atoms. The molecule has 0 fully saturated rings.